The second kappa shape index (κ2) is 5.38. The van der Waals surface area contributed by atoms with Crippen molar-refractivity contribution in [1.82, 2.24) is 0 Å². The molecule has 0 aliphatic heterocycles. The highest BCUT2D eigenvalue weighted by atomic mass is 35.7. The molecule has 0 spiro atoms. The Morgan fingerprint density at radius 1 is 1.37 bits per heavy atom. The normalized spacial score (nSPS) is 12.2. The Labute approximate surface area is 116 Å². The monoisotopic (exact) mass is 306 g/mol. The fraction of sp³-hybridized carbons (Fsp3) is 0.417. The van der Waals surface area contributed by atoms with Gasteiger partial charge in [0, 0.05) is 16.2 Å². The first-order valence-electron chi connectivity index (χ1n) is 5.45. The van der Waals surface area contributed by atoms with E-state index in [0.717, 1.165) is 0 Å². The summed E-state index contributed by atoms with van der Waals surface area (Å²) in [6, 6.07) is 4.10. The predicted molar refractivity (Wildman–Crippen MR) is 71.3 cm³/mol. The van der Waals surface area contributed by atoms with E-state index in [9.17, 15) is 13.2 Å². The van der Waals surface area contributed by atoms with Gasteiger partial charge in [0.25, 0.3) is 9.05 Å². The first-order valence-corrected chi connectivity index (χ1v) is 7.76. The third kappa shape index (κ3) is 4.40. The number of ether oxygens (including phenoxy) is 1. The molecule has 1 aromatic rings. The van der Waals surface area contributed by atoms with E-state index in [-0.39, 0.29) is 4.90 Å². The topological polar surface area (TPSA) is 80.7 Å². The van der Waals surface area contributed by atoms with Crippen LogP contribution >= 0.6 is 10.7 Å². The summed E-state index contributed by atoms with van der Waals surface area (Å²) in [5, 5.41) is 8.61. The molecule has 5 nitrogen and oxygen atoms in total. The average molecular weight is 307 g/mol. The fourth-order valence-corrected chi connectivity index (χ4v) is 2.29. The second-order valence-electron chi connectivity index (χ2n) is 5.03. The van der Waals surface area contributed by atoms with Crippen molar-refractivity contribution in [2.45, 2.75) is 31.1 Å². The van der Waals surface area contributed by atoms with E-state index in [1.54, 1.807) is 0 Å². The van der Waals surface area contributed by atoms with Crippen LogP contribution < -0.4 is 4.74 Å². The molecule has 1 N–H and O–H groups in total. The Bertz CT molecular complexity index is 587. The summed E-state index contributed by atoms with van der Waals surface area (Å²) in [5.41, 5.74) is 0.168. The molecule has 0 saturated carbocycles. The van der Waals surface area contributed by atoms with Gasteiger partial charge >= 0.3 is 5.97 Å². The number of aliphatic carboxylic acids is 1. The third-order valence-electron chi connectivity index (χ3n) is 2.39. The van der Waals surface area contributed by atoms with Crippen LogP contribution in [0.15, 0.2) is 23.1 Å². The van der Waals surface area contributed by atoms with E-state index in [0.29, 0.717) is 11.3 Å². The minimum absolute atomic E-state index is 0.0400. The molecule has 7 heteroatoms. The summed E-state index contributed by atoms with van der Waals surface area (Å²) >= 11 is 0. The van der Waals surface area contributed by atoms with Gasteiger partial charge in [-0.15, -0.1) is 0 Å². The maximum Gasteiger partial charge on any atom is 0.341 e. The molecular formula is C12H15ClO5S. The van der Waals surface area contributed by atoms with E-state index in [1.165, 1.54) is 18.2 Å². The van der Waals surface area contributed by atoms with E-state index in [4.69, 9.17) is 20.5 Å². The van der Waals surface area contributed by atoms with Gasteiger partial charge in [-0.3, -0.25) is 0 Å². The van der Waals surface area contributed by atoms with Crippen molar-refractivity contribution in [3.63, 3.8) is 0 Å². The summed E-state index contributed by atoms with van der Waals surface area (Å²) in [6.07, 6.45) is 0. The molecule has 0 atom stereocenters. The Balaban J connectivity index is 3.29. The second-order valence-corrected chi connectivity index (χ2v) is 7.59. The third-order valence-corrected chi connectivity index (χ3v) is 3.74. The first-order chi connectivity index (χ1) is 8.51. The molecule has 0 amide bonds. The lowest BCUT2D eigenvalue weighted by Crippen LogP contribution is -2.17. The summed E-state index contributed by atoms with van der Waals surface area (Å²) in [4.78, 5) is 10.5. The van der Waals surface area contributed by atoms with Crippen LogP contribution in [0.25, 0.3) is 0 Å². The maximum absolute atomic E-state index is 11.3. The van der Waals surface area contributed by atoms with Crippen LogP contribution in [-0.2, 0) is 19.3 Å². The first kappa shape index (κ1) is 15.8. The van der Waals surface area contributed by atoms with Crippen molar-refractivity contribution in [2.24, 2.45) is 0 Å². The van der Waals surface area contributed by atoms with Crippen molar-refractivity contribution in [3.8, 4) is 5.75 Å². The highest BCUT2D eigenvalue weighted by Crippen LogP contribution is 2.34. The van der Waals surface area contributed by atoms with Gasteiger partial charge in [0.15, 0.2) is 6.61 Å². The molecule has 0 unspecified atom stereocenters. The van der Waals surface area contributed by atoms with Crippen molar-refractivity contribution < 1.29 is 23.1 Å². The van der Waals surface area contributed by atoms with Gasteiger partial charge < -0.3 is 9.84 Å². The predicted octanol–water partition coefficient (Wildman–Crippen LogP) is 2.38. The molecule has 1 aromatic carbocycles. The molecule has 0 aromatic heterocycles. The van der Waals surface area contributed by atoms with Crippen LogP contribution in [0.4, 0.5) is 0 Å². The molecule has 0 fully saturated rings. The molecule has 106 valence electrons. The lowest BCUT2D eigenvalue weighted by Gasteiger charge is -2.23. The number of carboxylic acid groups (broad SMARTS) is 1. The van der Waals surface area contributed by atoms with E-state index in [2.05, 4.69) is 0 Å². The molecule has 0 aliphatic carbocycles. The highest BCUT2D eigenvalue weighted by molar-refractivity contribution is 8.13. The zero-order chi connectivity index (χ0) is 14.8. The number of carboxylic acids is 1. The standard InChI is InChI=1S/C12H15ClO5S/c1-12(2,3)9-6-8(19(13,16)17)4-5-10(9)18-7-11(14)15/h4-6H,7H2,1-3H3,(H,14,15). The zero-order valence-electron chi connectivity index (χ0n) is 10.8. The molecule has 19 heavy (non-hydrogen) atoms. The number of rotatable bonds is 4. The molecule has 0 bridgehead atoms. The van der Waals surface area contributed by atoms with E-state index >= 15 is 0 Å². The van der Waals surface area contributed by atoms with Crippen molar-refractivity contribution in [3.05, 3.63) is 23.8 Å². The summed E-state index contributed by atoms with van der Waals surface area (Å²) in [5.74, 6) is -0.770. The molecular weight excluding hydrogens is 292 g/mol. The average Bonchev–Trinajstić information content (AvgIpc) is 2.23. The van der Waals surface area contributed by atoms with Gasteiger partial charge in [-0.1, -0.05) is 20.8 Å². The van der Waals surface area contributed by atoms with Gasteiger partial charge in [-0.05, 0) is 23.6 Å². The molecule has 0 heterocycles. The zero-order valence-corrected chi connectivity index (χ0v) is 12.4. The fourth-order valence-electron chi connectivity index (χ4n) is 1.51. The van der Waals surface area contributed by atoms with Crippen LogP contribution in [0.5, 0.6) is 5.75 Å². The quantitative estimate of drug-likeness (QED) is 0.864. The van der Waals surface area contributed by atoms with E-state index < -0.39 is 27.0 Å². The Morgan fingerprint density at radius 3 is 2.37 bits per heavy atom. The van der Waals surface area contributed by atoms with E-state index in [1.807, 2.05) is 20.8 Å². The summed E-state index contributed by atoms with van der Waals surface area (Å²) < 4.78 is 27.8. The van der Waals surface area contributed by atoms with Gasteiger partial charge in [0.1, 0.15) is 5.75 Å². The number of benzene rings is 1. The minimum Gasteiger partial charge on any atom is -0.482 e. The summed E-state index contributed by atoms with van der Waals surface area (Å²) in [7, 11) is 1.46. The minimum atomic E-state index is -3.83. The smallest absolute Gasteiger partial charge is 0.341 e. The molecule has 0 saturated heterocycles. The SMILES string of the molecule is CC(C)(C)c1cc(S(=O)(=O)Cl)ccc1OCC(=O)O. The van der Waals surface area contributed by atoms with Gasteiger partial charge in [-0.25, -0.2) is 13.2 Å². The lowest BCUT2D eigenvalue weighted by atomic mass is 9.86. The van der Waals surface area contributed by atoms with Crippen molar-refractivity contribution in [2.75, 3.05) is 6.61 Å². The van der Waals surface area contributed by atoms with Crippen molar-refractivity contribution >= 4 is 25.7 Å². The molecule has 0 aliphatic rings. The molecule has 1 rings (SSSR count). The van der Waals surface area contributed by atoms with Gasteiger partial charge in [-0.2, -0.15) is 0 Å². The maximum atomic E-state index is 11.3. The van der Waals surface area contributed by atoms with Crippen LogP contribution in [0.3, 0.4) is 0 Å². The van der Waals surface area contributed by atoms with Crippen LogP contribution in [-0.4, -0.2) is 26.1 Å². The largest absolute Gasteiger partial charge is 0.482 e. The van der Waals surface area contributed by atoms with Crippen LogP contribution in [0.1, 0.15) is 26.3 Å². The number of hydrogen-bond acceptors (Lipinski definition) is 4. The number of halogens is 1. The highest BCUT2D eigenvalue weighted by Gasteiger charge is 2.22. The van der Waals surface area contributed by atoms with Gasteiger partial charge in [0.2, 0.25) is 0 Å². The van der Waals surface area contributed by atoms with Gasteiger partial charge in [0.05, 0.1) is 4.90 Å². The number of hydrogen-bond donors (Lipinski definition) is 1. The Hall–Kier alpha value is -1.27. The Kier molecular flexibility index (Phi) is 4.47. The van der Waals surface area contributed by atoms with Crippen molar-refractivity contribution in [1.29, 1.82) is 0 Å². The van der Waals surface area contributed by atoms with Crippen LogP contribution in [0, 0.1) is 0 Å². The number of carbonyl (C=O) groups is 1. The summed E-state index contributed by atoms with van der Waals surface area (Å²) in [6.45, 7) is 5.10. The lowest BCUT2D eigenvalue weighted by molar-refractivity contribution is -0.139. The van der Waals surface area contributed by atoms with Crippen LogP contribution in [0.2, 0.25) is 0 Å². The molecule has 0 radical (unpaired) electrons. The Morgan fingerprint density at radius 2 is 1.95 bits per heavy atom.